The van der Waals surface area contributed by atoms with Gasteiger partial charge in [0.2, 0.25) is 11.8 Å². The number of rotatable bonds is 3. The molecule has 0 aromatic heterocycles. The van der Waals surface area contributed by atoms with Crippen LogP contribution in [0.5, 0.6) is 0 Å². The highest BCUT2D eigenvalue weighted by Gasteiger charge is 2.28. The third kappa shape index (κ3) is 3.23. The molecule has 2 rings (SSSR count). The zero-order valence-electron chi connectivity index (χ0n) is 9.77. The molecule has 7 heteroatoms. The maximum absolute atomic E-state index is 11.9. The van der Waals surface area contributed by atoms with Crippen LogP contribution in [-0.4, -0.2) is 29.4 Å². The van der Waals surface area contributed by atoms with Crippen molar-refractivity contribution in [3.05, 3.63) is 28.8 Å². The van der Waals surface area contributed by atoms with Crippen LogP contribution in [-0.2, 0) is 9.59 Å². The first-order chi connectivity index (χ1) is 8.95. The highest BCUT2D eigenvalue weighted by atomic mass is 35.5. The zero-order valence-corrected chi connectivity index (χ0v) is 10.5. The fourth-order valence-corrected chi connectivity index (χ4v) is 2.06. The van der Waals surface area contributed by atoms with E-state index in [1.165, 1.54) is 18.2 Å². The van der Waals surface area contributed by atoms with Gasteiger partial charge in [0.05, 0.1) is 11.5 Å². The normalized spacial score (nSPS) is 17.9. The van der Waals surface area contributed by atoms with Crippen molar-refractivity contribution < 1.29 is 19.5 Å². The number of hydrogen-bond acceptors (Lipinski definition) is 3. The summed E-state index contributed by atoms with van der Waals surface area (Å²) in [6.45, 7) is 0.289. The minimum Gasteiger partial charge on any atom is -0.478 e. The molecule has 2 amide bonds. The number of hydrogen-bond donors (Lipinski definition) is 3. The number of carboxylic acid groups (broad SMARTS) is 1. The van der Waals surface area contributed by atoms with Gasteiger partial charge >= 0.3 is 5.97 Å². The molecule has 0 saturated carbocycles. The van der Waals surface area contributed by atoms with E-state index in [2.05, 4.69) is 10.6 Å². The van der Waals surface area contributed by atoms with E-state index in [-0.39, 0.29) is 35.4 Å². The number of aromatic carboxylic acids is 1. The zero-order chi connectivity index (χ0) is 14.0. The summed E-state index contributed by atoms with van der Waals surface area (Å²) < 4.78 is 0. The number of nitrogens with one attached hydrogen (secondary N) is 2. The van der Waals surface area contributed by atoms with Gasteiger partial charge in [-0.05, 0) is 18.2 Å². The number of anilines is 1. The van der Waals surface area contributed by atoms with Gasteiger partial charge < -0.3 is 15.7 Å². The molecule has 0 spiro atoms. The van der Waals surface area contributed by atoms with E-state index in [1.807, 2.05) is 0 Å². The Balaban J connectivity index is 2.12. The smallest absolute Gasteiger partial charge is 0.335 e. The largest absolute Gasteiger partial charge is 0.478 e. The van der Waals surface area contributed by atoms with E-state index in [1.54, 1.807) is 0 Å². The molecule has 6 nitrogen and oxygen atoms in total. The van der Waals surface area contributed by atoms with Crippen molar-refractivity contribution in [2.45, 2.75) is 6.42 Å². The topological polar surface area (TPSA) is 95.5 Å². The molecular formula is C12H11ClN2O4. The van der Waals surface area contributed by atoms with Crippen LogP contribution in [0, 0.1) is 5.92 Å². The lowest BCUT2D eigenvalue weighted by Crippen LogP contribution is -2.24. The van der Waals surface area contributed by atoms with Crippen LogP contribution in [0.2, 0.25) is 5.02 Å². The van der Waals surface area contributed by atoms with Crippen molar-refractivity contribution in [3.8, 4) is 0 Å². The van der Waals surface area contributed by atoms with Crippen LogP contribution in [0.4, 0.5) is 5.69 Å². The van der Waals surface area contributed by atoms with Gasteiger partial charge in [-0.15, -0.1) is 0 Å². The molecular weight excluding hydrogens is 272 g/mol. The molecule has 3 N–H and O–H groups in total. The molecule has 1 unspecified atom stereocenters. The molecule has 1 fully saturated rings. The van der Waals surface area contributed by atoms with E-state index in [9.17, 15) is 14.4 Å². The minimum atomic E-state index is -1.13. The van der Waals surface area contributed by atoms with E-state index in [0.717, 1.165) is 0 Å². The van der Waals surface area contributed by atoms with Crippen LogP contribution in [0.15, 0.2) is 18.2 Å². The first-order valence-electron chi connectivity index (χ1n) is 5.57. The molecule has 0 aliphatic carbocycles. The van der Waals surface area contributed by atoms with Gasteiger partial charge in [0.1, 0.15) is 0 Å². The second-order valence-corrected chi connectivity index (χ2v) is 4.66. The van der Waals surface area contributed by atoms with Gasteiger partial charge in [-0.3, -0.25) is 9.59 Å². The molecule has 1 aliphatic heterocycles. The van der Waals surface area contributed by atoms with E-state index in [4.69, 9.17) is 16.7 Å². The molecule has 1 heterocycles. The molecule has 1 aliphatic rings. The number of benzene rings is 1. The Labute approximate surface area is 113 Å². The lowest BCUT2D eigenvalue weighted by molar-refractivity contribution is -0.123. The molecule has 1 saturated heterocycles. The van der Waals surface area contributed by atoms with Crippen LogP contribution >= 0.6 is 11.6 Å². The lowest BCUT2D eigenvalue weighted by atomic mass is 10.1. The van der Waals surface area contributed by atoms with Gasteiger partial charge in [-0.25, -0.2) is 4.79 Å². The van der Waals surface area contributed by atoms with Crippen LogP contribution in [0.1, 0.15) is 16.8 Å². The van der Waals surface area contributed by atoms with Gasteiger partial charge in [-0.2, -0.15) is 0 Å². The van der Waals surface area contributed by atoms with Crippen molar-refractivity contribution in [2.24, 2.45) is 5.92 Å². The summed E-state index contributed by atoms with van der Waals surface area (Å²) in [6, 6.07) is 4.06. The quantitative estimate of drug-likeness (QED) is 0.774. The third-order valence-corrected chi connectivity index (χ3v) is 2.98. The summed E-state index contributed by atoms with van der Waals surface area (Å²) in [5.74, 6) is -2.08. The number of amides is 2. The number of carbonyl (C=O) groups is 3. The van der Waals surface area contributed by atoms with Crippen molar-refractivity contribution in [1.29, 1.82) is 0 Å². The number of halogens is 1. The summed E-state index contributed by atoms with van der Waals surface area (Å²) in [5.41, 5.74) is 0.290. The second-order valence-electron chi connectivity index (χ2n) is 4.23. The predicted molar refractivity (Wildman–Crippen MR) is 68.2 cm³/mol. The Morgan fingerprint density at radius 2 is 2.11 bits per heavy atom. The molecule has 19 heavy (non-hydrogen) atoms. The molecule has 100 valence electrons. The first-order valence-corrected chi connectivity index (χ1v) is 5.95. The molecule has 0 bridgehead atoms. The van der Waals surface area contributed by atoms with Crippen molar-refractivity contribution in [1.82, 2.24) is 5.32 Å². The number of carbonyl (C=O) groups excluding carboxylic acids is 2. The highest BCUT2D eigenvalue weighted by molar-refractivity contribution is 6.31. The number of carboxylic acids is 1. The van der Waals surface area contributed by atoms with Crippen molar-refractivity contribution >= 4 is 35.1 Å². The van der Waals surface area contributed by atoms with E-state index in [0.29, 0.717) is 5.69 Å². The summed E-state index contributed by atoms with van der Waals surface area (Å²) in [7, 11) is 0. The van der Waals surface area contributed by atoms with Crippen molar-refractivity contribution in [2.75, 3.05) is 11.9 Å². The average Bonchev–Trinajstić information content (AvgIpc) is 2.75. The maximum atomic E-state index is 11.9. The third-order valence-electron chi connectivity index (χ3n) is 2.76. The molecule has 1 aromatic carbocycles. The van der Waals surface area contributed by atoms with Gasteiger partial charge in [0, 0.05) is 23.7 Å². The van der Waals surface area contributed by atoms with Crippen molar-refractivity contribution in [3.63, 3.8) is 0 Å². The Bertz CT molecular complexity index is 559. The minimum absolute atomic E-state index is 0.0107. The summed E-state index contributed by atoms with van der Waals surface area (Å²) in [4.78, 5) is 33.7. The second kappa shape index (κ2) is 5.27. The summed E-state index contributed by atoms with van der Waals surface area (Å²) in [5, 5.41) is 14.2. The predicted octanol–water partition coefficient (Wildman–Crippen LogP) is 1.11. The molecule has 1 aromatic rings. The summed E-state index contributed by atoms with van der Waals surface area (Å²) >= 11 is 5.78. The molecule has 0 radical (unpaired) electrons. The van der Waals surface area contributed by atoms with Gasteiger partial charge in [-0.1, -0.05) is 11.6 Å². The Morgan fingerprint density at radius 1 is 1.37 bits per heavy atom. The van der Waals surface area contributed by atoms with Crippen LogP contribution < -0.4 is 10.6 Å². The summed E-state index contributed by atoms with van der Waals surface area (Å²) in [6.07, 6.45) is 0.137. The fourth-order valence-electron chi connectivity index (χ4n) is 1.82. The average molecular weight is 283 g/mol. The maximum Gasteiger partial charge on any atom is 0.335 e. The van der Waals surface area contributed by atoms with E-state index >= 15 is 0 Å². The van der Waals surface area contributed by atoms with Crippen LogP contribution in [0.25, 0.3) is 0 Å². The Hall–Kier alpha value is -2.08. The Kier molecular flexibility index (Phi) is 3.71. The van der Waals surface area contributed by atoms with Crippen LogP contribution in [0.3, 0.4) is 0 Å². The standard InChI is InChI=1S/C12H11ClN2O4/c13-8-1-6(12(18)19)2-9(4-8)15-11(17)7-3-10(16)14-5-7/h1-2,4,7H,3,5H2,(H,14,16)(H,15,17)(H,18,19). The van der Waals surface area contributed by atoms with Gasteiger partial charge in [0.15, 0.2) is 0 Å². The monoisotopic (exact) mass is 282 g/mol. The first kappa shape index (κ1) is 13.4. The fraction of sp³-hybridized carbons (Fsp3) is 0.250. The molecule has 1 atom stereocenters. The van der Waals surface area contributed by atoms with E-state index < -0.39 is 11.9 Å². The van der Waals surface area contributed by atoms with Gasteiger partial charge in [0.25, 0.3) is 0 Å². The SMILES string of the molecule is O=C1CC(C(=O)Nc2cc(Cl)cc(C(=O)O)c2)CN1. The Morgan fingerprint density at radius 3 is 2.68 bits per heavy atom. The lowest BCUT2D eigenvalue weighted by Gasteiger charge is -2.10. The highest BCUT2D eigenvalue weighted by Crippen LogP contribution is 2.20.